The van der Waals surface area contributed by atoms with E-state index in [0.29, 0.717) is 11.4 Å². The van der Waals surface area contributed by atoms with Crippen molar-refractivity contribution < 1.29 is 23.9 Å². The van der Waals surface area contributed by atoms with E-state index in [9.17, 15) is 14.9 Å². The fourth-order valence-corrected chi connectivity index (χ4v) is 2.79. The molecule has 0 unspecified atom stereocenters. The number of nitrogens with zero attached hydrogens (tertiary/aromatic N) is 1. The topological polar surface area (TPSA) is 99.9 Å². The number of nitrogens with one attached hydrogen (secondary N) is 1. The molecule has 0 spiro atoms. The highest BCUT2D eigenvalue weighted by Crippen LogP contribution is 2.30. The Morgan fingerprint density at radius 1 is 0.966 bits per heavy atom. The van der Waals surface area contributed by atoms with E-state index in [1.54, 1.807) is 20.1 Å². The van der Waals surface area contributed by atoms with Gasteiger partial charge in [0.25, 0.3) is 11.6 Å². The molecule has 0 heterocycles. The minimum Gasteiger partial charge on any atom is -0.497 e. The van der Waals surface area contributed by atoms with Gasteiger partial charge in [0.2, 0.25) is 0 Å². The summed E-state index contributed by atoms with van der Waals surface area (Å²) in [4.78, 5) is 22.9. The molecular formula is C21H20N2O6. The molecule has 29 heavy (non-hydrogen) atoms. The number of nitro benzene ring substituents is 1. The summed E-state index contributed by atoms with van der Waals surface area (Å²) in [5, 5.41) is 15.5. The van der Waals surface area contributed by atoms with Crippen molar-refractivity contribution in [3.8, 4) is 17.2 Å². The minimum atomic E-state index is -0.807. The Labute approximate surface area is 167 Å². The van der Waals surface area contributed by atoms with E-state index >= 15 is 0 Å². The van der Waals surface area contributed by atoms with Gasteiger partial charge in [-0.05, 0) is 48.0 Å². The Bertz CT molecular complexity index is 1070. The van der Waals surface area contributed by atoms with Crippen molar-refractivity contribution in [3.05, 3.63) is 64.7 Å². The zero-order valence-electron chi connectivity index (χ0n) is 16.2. The second-order valence-corrected chi connectivity index (χ2v) is 6.27. The lowest BCUT2D eigenvalue weighted by atomic mass is 10.1. The van der Waals surface area contributed by atoms with Crippen LogP contribution in [0.1, 0.15) is 6.92 Å². The Morgan fingerprint density at radius 3 is 2.31 bits per heavy atom. The second kappa shape index (κ2) is 8.47. The molecule has 150 valence electrons. The van der Waals surface area contributed by atoms with Gasteiger partial charge in [0.05, 0.1) is 30.9 Å². The van der Waals surface area contributed by atoms with E-state index in [1.165, 1.54) is 25.3 Å². The van der Waals surface area contributed by atoms with Crippen LogP contribution in [-0.4, -0.2) is 31.2 Å². The standard InChI is InChI=1S/C21H20N2O6/c1-13(21(24)22-19-9-6-16(23(25)26)12-20(19)28-3)29-18-8-5-14-4-7-17(27-2)10-15(14)11-18/h4-13H,1-3H3,(H,22,24)/t13-/m0/s1. The predicted octanol–water partition coefficient (Wildman–Crippen LogP) is 4.17. The summed E-state index contributed by atoms with van der Waals surface area (Å²) in [5.41, 5.74) is 0.192. The maximum Gasteiger partial charge on any atom is 0.273 e. The number of methoxy groups -OCH3 is 2. The Morgan fingerprint density at radius 2 is 1.66 bits per heavy atom. The highest BCUT2D eigenvalue weighted by molar-refractivity contribution is 5.95. The van der Waals surface area contributed by atoms with Gasteiger partial charge in [0.15, 0.2) is 6.10 Å². The van der Waals surface area contributed by atoms with Crippen LogP contribution in [0.3, 0.4) is 0 Å². The number of amides is 1. The SMILES string of the molecule is COc1ccc2ccc(O[C@@H](C)C(=O)Nc3ccc([N+](=O)[O-])cc3OC)cc2c1. The first-order valence-corrected chi connectivity index (χ1v) is 8.79. The van der Waals surface area contributed by atoms with Crippen LogP contribution in [0.2, 0.25) is 0 Å². The van der Waals surface area contributed by atoms with Crippen molar-refractivity contribution in [2.45, 2.75) is 13.0 Å². The van der Waals surface area contributed by atoms with Crippen LogP contribution in [0.15, 0.2) is 54.6 Å². The van der Waals surface area contributed by atoms with Crippen molar-refractivity contribution in [1.82, 2.24) is 0 Å². The van der Waals surface area contributed by atoms with Crippen molar-refractivity contribution in [3.63, 3.8) is 0 Å². The molecule has 0 aromatic heterocycles. The molecule has 0 saturated heterocycles. The molecule has 8 nitrogen and oxygen atoms in total. The van der Waals surface area contributed by atoms with Gasteiger partial charge < -0.3 is 19.5 Å². The maximum absolute atomic E-state index is 12.5. The highest BCUT2D eigenvalue weighted by atomic mass is 16.6. The summed E-state index contributed by atoms with van der Waals surface area (Å²) < 4.78 is 16.1. The molecule has 0 radical (unpaired) electrons. The fraction of sp³-hybridized carbons (Fsp3) is 0.190. The predicted molar refractivity (Wildman–Crippen MR) is 109 cm³/mol. The van der Waals surface area contributed by atoms with Crippen LogP contribution in [0.5, 0.6) is 17.2 Å². The molecule has 8 heteroatoms. The fourth-order valence-electron chi connectivity index (χ4n) is 2.79. The number of benzene rings is 3. The number of non-ortho nitro benzene ring substituents is 1. The molecule has 0 fully saturated rings. The van der Waals surface area contributed by atoms with E-state index in [2.05, 4.69) is 5.32 Å². The minimum absolute atomic E-state index is 0.129. The van der Waals surface area contributed by atoms with Crippen molar-refractivity contribution in [2.75, 3.05) is 19.5 Å². The summed E-state index contributed by atoms with van der Waals surface area (Å²) in [6.07, 6.45) is -0.807. The Kier molecular flexibility index (Phi) is 5.82. The van der Waals surface area contributed by atoms with E-state index in [4.69, 9.17) is 14.2 Å². The van der Waals surface area contributed by atoms with Gasteiger partial charge in [-0.3, -0.25) is 14.9 Å². The summed E-state index contributed by atoms with van der Waals surface area (Å²) in [7, 11) is 2.97. The lowest BCUT2D eigenvalue weighted by molar-refractivity contribution is -0.384. The van der Waals surface area contributed by atoms with Crippen LogP contribution < -0.4 is 19.5 Å². The van der Waals surface area contributed by atoms with Crippen LogP contribution in [0.4, 0.5) is 11.4 Å². The van der Waals surface area contributed by atoms with E-state index in [0.717, 1.165) is 16.5 Å². The number of hydrogen-bond acceptors (Lipinski definition) is 6. The third kappa shape index (κ3) is 4.55. The molecular weight excluding hydrogens is 376 g/mol. The molecule has 0 aliphatic carbocycles. The number of fused-ring (bicyclic) bond motifs is 1. The first kappa shape index (κ1) is 19.9. The zero-order chi connectivity index (χ0) is 21.0. The lowest BCUT2D eigenvalue weighted by Gasteiger charge is -2.16. The molecule has 3 aromatic carbocycles. The van der Waals surface area contributed by atoms with Crippen LogP contribution in [0, 0.1) is 10.1 Å². The van der Waals surface area contributed by atoms with Crippen LogP contribution >= 0.6 is 0 Å². The number of carbonyl (C=O) groups excluding carboxylic acids is 1. The monoisotopic (exact) mass is 396 g/mol. The van der Waals surface area contributed by atoms with Gasteiger partial charge in [0, 0.05) is 6.07 Å². The van der Waals surface area contributed by atoms with E-state index in [-0.39, 0.29) is 11.4 Å². The average Bonchev–Trinajstić information content (AvgIpc) is 2.73. The number of ether oxygens (including phenoxy) is 3. The van der Waals surface area contributed by atoms with Crippen molar-refractivity contribution in [1.29, 1.82) is 0 Å². The van der Waals surface area contributed by atoms with Gasteiger partial charge in [-0.25, -0.2) is 0 Å². The largest absolute Gasteiger partial charge is 0.497 e. The molecule has 0 bridgehead atoms. The molecule has 0 saturated carbocycles. The third-order valence-electron chi connectivity index (χ3n) is 4.35. The number of nitro groups is 1. The second-order valence-electron chi connectivity index (χ2n) is 6.27. The Hall–Kier alpha value is -3.81. The van der Waals surface area contributed by atoms with Gasteiger partial charge in [-0.15, -0.1) is 0 Å². The van der Waals surface area contributed by atoms with Crippen LogP contribution in [0.25, 0.3) is 10.8 Å². The van der Waals surface area contributed by atoms with E-state index in [1.807, 2.05) is 30.3 Å². The molecule has 0 aliphatic heterocycles. The third-order valence-corrected chi connectivity index (χ3v) is 4.35. The quantitative estimate of drug-likeness (QED) is 0.475. The first-order valence-electron chi connectivity index (χ1n) is 8.79. The van der Waals surface area contributed by atoms with Gasteiger partial charge in [-0.1, -0.05) is 12.1 Å². The van der Waals surface area contributed by atoms with Crippen molar-refractivity contribution in [2.24, 2.45) is 0 Å². The summed E-state index contributed by atoms with van der Waals surface area (Å²) in [6, 6.07) is 15.2. The number of carbonyl (C=O) groups is 1. The number of rotatable bonds is 7. The average molecular weight is 396 g/mol. The zero-order valence-corrected chi connectivity index (χ0v) is 16.2. The number of hydrogen-bond donors (Lipinski definition) is 1. The van der Waals surface area contributed by atoms with Crippen molar-refractivity contribution >= 4 is 28.1 Å². The summed E-state index contributed by atoms with van der Waals surface area (Å²) >= 11 is 0. The molecule has 0 aliphatic rings. The van der Waals surface area contributed by atoms with Gasteiger partial charge in [-0.2, -0.15) is 0 Å². The molecule has 1 atom stereocenters. The number of anilines is 1. The van der Waals surface area contributed by atoms with Crippen LogP contribution in [-0.2, 0) is 4.79 Å². The maximum atomic E-state index is 12.5. The highest BCUT2D eigenvalue weighted by Gasteiger charge is 2.18. The normalized spacial score (nSPS) is 11.6. The smallest absolute Gasteiger partial charge is 0.273 e. The lowest BCUT2D eigenvalue weighted by Crippen LogP contribution is -2.30. The molecule has 3 rings (SSSR count). The first-order chi connectivity index (χ1) is 13.9. The molecule has 3 aromatic rings. The summed E-state index contributed by atoms with van der Waals surface area (Å²) in [6.45, 7) is 1.61. The van der Waals surface area contributed by atoms with E-state index < -0.39 is 16.9 Å². The van der Waals surface area contributed by atoms with Gasteiger partial charge >= 0.3 is 0 Å². The Balaban J connectivity index is 1.74. The molecule has 1 amide bonds. The van der Waals surface area contributed by atoms with Gasteiger partial charge in [0.1, 0.15) is 17.2 Å². The summed E-state index contributed by atoms with van der Waals surface area (Å²) in [5.74, 6) is 1.04. The molecule has 1 N–H and O–H groups in total.